The van der Waals surface area contributed by atoms with Crippen LogP contribution in [-0.2, 0) is 9.59 Å². The number of hydrogen-bond acceptors (Lipinski definition) is 3. The van der Waals surface area contributed by atoms with Crippen molar-refractivity contribution in [2.45, 2.75) is 32.1 Å². The molecule has 6 heteroatoms. The van der Waals surface area contributed by atoms with Crippen LogP contribution in [0.4, 0.5) is 5.69 Å². The van der Waals surface area contributed by atoms with Crippen LogP contribution in [0.3, 0.4) is 0 Å². The van der Waals surface area contributed by atoms with Crippen LogP contribution in [0.15, 0.2) is 42.7 Å². The van der Waals surface area contributed by atoms with Gasteiger partial charge in [0, 0.05) is 6.42 Å². The molecule has 0 atom stereocenters. The molecule has 0 bridgehead atoms. The first-order valence-corrected chi connectivity index (χ1v) is 8.24. The number of aliphatic carboxylic acids is 1. The second-order valence-corrected chi connectivity index (χ2v) is 6.32. The number of rotatable bonds is 5. The molecule has 2 aromatic rings. The SMILES string of the molecule is O=C(CC1CCC(C(=O)O)CC1)Nc1cnn(-c2ccccc2)c1. The monoisotopic (exact) mass is 327 g/mol. The highest BCUT2D eigenvalue weighted by molar-refractivity contribution is 5.90. The average molecular weight is 327 g/mol. The molecule has 1 fully saturated rings. The van der Waals surface area contributed by atoms with E-state index < -0.39 is 5.97 Å². The van der Waals surface area contributed by atoms with E-state index in [1.807, 2.05) is 30.3 Å². The average Bonchev–Trinajstić information content (AvgIpc) is 3.04. The number of carbonyl (C=O) groups is 2. The minimum absolute atomic E-state index is 0.0404. The van der Waals surface area contributed by atoms with Gasteiger partial charge in [0.2, 0.25) is 5.91 Å². The number of aromatic nitrogens is 2. The van der Waals surface area contributed by atoms with Gasteiger partial charge in [0.25, 0.3) is 0 Å². The second kappa shape index (κ2) is 7.29. The number of anilines is 1. The summed E-state index contributed by atoms with van der Waals surface area (Å²) in [5, 5.41) is 16.1. The normalized spacial score (nSPS) is 20.5. The maximum Gasteiger partial charge on any atom is 0.306 e. The van der Waals surface area contributed by atoms with Crippen molar-refractivity contribution in [1.82, 2.24) is 9.78 Å². The number of carboxylic acids is 1. The summed E-state index contributed by atoms with van der Waals surface area (Å²) >= 11 is 0. The standard InChI is InChI=1S/C18H21N3O3/c22-17(10-13-6-8-14(9-7-13)18(23)24)20-15-11-19-21(12-15)16-4-2-1-3-5-16/h1-5,11-14H,6-10H2,(H,20,22)(H,23,24). The Kier molecular flexibility index (Phi) is 4.93. The van der Waals surface area contributed by atoms with Crippen LogP contribution in [0.2, 0.25) is 0 Å². The lowest BCUT2D eigenvalue weighted by Crippen LogP contribution is -2.24. The molecule has 6 nitrogen and oxygen atoms in total. The maximum absolute atomic E-state index is 12.2. The summed E-state index contributed by atoms with van der Waals surface area (Å²) in [6.07, 6.45) is 6.78. The fourth-order valence-corrected chi connectivity index (χ4v) is 3.20. The van der Waals surface area contributed by atoms with Gasteiger partial charge < -0.3 is 10.4 Å². The number of nitrogens with one attached hydrogen (secondary N) is 1. The minimum atomic E-state index is -0.716. The van der Waals surface area contributed by atoms with E-state index in [2.05, 4.69) is 10.4 Å². The lowest BCUT2D eigenvalue weighted by molar-refractivity contribution is -0.143. The molecule has 1 aromatic heterocycles. The number of hydrogen-bond donors (Lipinski definition) is 2. The van der Waals surface area contributed by atoms with Crippen molar-refractivity contribution >= 4 is 17.6 Å². The second-order valence-electron chi connectivity index (χ2n) is 6.32. The lowest BCUT2D eigenvalue weighted by Gasteiger charge is -2.25. The molecular formula is C18H21N3O3. The van der Waals surface area contributed by atoms with Gasteiger partial charge in [-0.15, -0.1) is 0 Å². The Hall–Kier alpha value is -2.63. The van der Waals surface area contributed by atoms with Crippen LogP contribution in [-0.4, -0.2) is 26.8 Å². The number of carbonyl (C=O) groups excluding carboxylic acids is 1. The van der Waals surface area contributed by atoms with Crippen LogP contribution < -0.4 is 5.32 Å². The van der Waals surface area contributed by atoms with Crippen LogP contribution in [0.1, 0.15) is 32.1 Å². The summed E-state index contributed by atoms with van der Waals surface area (Å²) in [7, 11) is 0. The Morgan fingerprint density at radius 2 is 1.88 bits per heavy atom. The van der Waals surface area contributed by atoms with Crippen molar-refractivity contribution in [3.8, 4) is 5.69 Å². The summed E-state index contributed by atoms with van der Waals surface area (Å²) in [5.41, 5.74) is 1.60. The van der Waals surface area contributed by atoms with Gasteiger partial charge in [-0.2, -0.15) is 5.10 Å². The van der Waals surface area contributed by atoms with Gasteiger partial charge in [0.15, 0.2) is 0 Å². The Bertz CT molecular complexity index is 703. The molecule has 1 saturated carbocycles. The highest BCUT2D eigenvalue weighted by atomic mass is 16.4. The first kappa shape index (κ1) is 16.2. The van der Waals surface area contributed by atoms with Crippen LogP contribution in [0.5, 0.6) is 0 Å². The third kappa shape index (κ3) is 4.01. The summed E-state index contributed by atoms with van der Waals surface area (Å²) in [6, 6.07) is 9.69. The zero-order valence-electron chi connectivity index (χ0n) is 13.4. The number of para-hydroxylation sites is 1. The van der Waals surface area contributed by atoms with Gasteiger partial charge in [-0.05, 0) is 43.7 Å². The van der Waals surface area contributed by atoms with Crippen molar-refractivity contribution in [3.63, 3.8) is 0 Å². The lowest BCUT2D eigenvalue weighted by atomic mass is 9.80. The Morgan fingerprint density at radius 1 is 1.17 bits per heavy atom. The van der Waals surface area contributed by atoms with E-state index in [4.69, 9.17) is 5.11 Å². The Balaban J connectivity index is 1.51. The molecule has 24 heavy (non-hydrogen) atoms. The zero-order valence-corrected chi connectivity index (χ0v) is 13.4. The Morgan fingerprint density at radius 3 is 2.54 bits per heavy atom. The summed E-state index contributed by atoms with van der Waals surface area (Å²) in [5.74, 6) is -0.731. The van der Waals surface area contributed by atoms with Crippen LogP contribution in [0.25, 0.3) is 5.69 Å². The van der Waals surface area contributed by atoms with Gasteiger partial charge in [0.05, 0.1) is 29.7 Å². The number of nitrogens with zero attached hydrogens (tertiary/aromatic N) is 2. The molecule has 3 rings (SSSR count). The first-order valence-electron chi connectivity index (χ1n) is 8.24. The van der Waals surface area contributed by atoms with Crippen LogP contribution >= 0.6 is 0 Å². The smallest absolute Gasteiger partial charge is 0.306 e. The molecule has 126 valence electrons. The largest absolute Gasteiger partial charge is 0.481 e. The van der Waals surface area contributed by atoms with E-state index in [0.29, 0.717) is 24.9 Å². The number of amides is 1. The Labute approximate surface area is 140 Å². The van der Waals surface area contributed by atoms with E-state index in [0.717, 1.165) is 18.5 Å². The zero-order chi connectivity index (χ0) is 16.9. The van der Waals surface area contributed by atoms with Crippen molar-refractivity contribution in [2.75, 3.05) is 5.32 Å². The molecule has 1 aliphatic carbocycles. The first-order chi connectivity index (χ1) is 11.6. The third-order valence-corrected chi connectivity index (χ3v) is 4.56. The molecule has 0 radical (unpaired) electrons. The molecule has 0 aliphatic heterocycles. The van der Waals surface area contributed by atoms with Crippen LogP contribution in [0, 0.1) is 11.8 Å². The predicted octanol–water partition coefficient (Wildman–Crippen LogP) is 3.09. The fraction of sp³-hybridized carbons (Fsp3) is 0.389. The van der Waals surface area contributed by atoms with E-state index in [1.165, 1.54) is 0 Å². The third-order valence-electron chi connectivity index (χ3n) is 4.56. The summed E-state index contributed by atoms with van der Waals surface area (Å²) in [4.78, 5) is 23.1. The molecule has 1 aliphatic rings. The van der Waals surface area contributed by atoms with Gasteiger partial charge >= 0.3 is 5.97 Å². The summed E-state index contributed by atoms with van der Waals surface area (Å²) < 4.78 is 1.72. The van der Waals surface area contributed by atoms with Gasteiger partial charge in [-0.1, -0.05) is 18.2 Å². The summed E-state index contributed by atoms with van der Waals surface area (Å²) in [6.45, 7) is 0. The molecule has 2 N–H and O–H groups in total. The van der Waals surface area contributed by atoms with Gasteiger partial charge in [0.1, 0.15) is 0 Å². The molecule has 0 spiro atoms. The molecule has 1 amide bonds. The van der Waals surface area contributed by atoms with Crippen molar-refractivity contribution < 1.29 is 14.7 Å². The minimum Gasteiger partial charge on any atom is -0.481 e. The van der Waals surface area contributed by atoms with Crippen molar-refractivity contribution in [2.24, 2.45) is 11.8 Å². The highest BCUT2D eigenvalue weighted by Gasteiger charge is 2.27. The fourth-order valence-electron chi connectivity index (χ4n) is 3.20. The van der Waals surface area contributed by atoms with Crippen molar-refractivity contribution in [1.29, 1.82) is 0 Å². The van der Waals surface area contributed by atoms with Crippen molar-refractivity contribution in [3.05, 3.63) is 42.7 Å². The molecular weight excluding hydrogens is 306 g/mol. The van der Waals surface area contributed by atoms with Gasteiger partial charge in [-0.25, -0.2) is 4.68 Å². The predicted molar refractivity (Wildman–Crippen MR) is 89.9 cm³/mol. The topological polar surface area (TPSA) is 84.2 Å². The molecule has 1 heterocycles. The quantitative estimate of drug-likeness (QED) is 0.884. The van der Waals surface area contributed by atoms with E-state index in [9.17, 15) is 9.59 Å². The van der Waals surface area contributed by atoms with E-state index >= 15 is 0 Å². The van der Waals surface area contributed by atoms with E-state index in [-0.39, 0.29) is 17.7 Å². The molecule has 0 saturated heterocycles. The number of benzene rings is 1. The number of carboxylic acid groups (broad SMARTS) is 1. The maximum atomic E-state index is 12.2. The highest BCUT2D eigenvalue weighted by Crippen LogP contribution is 2.31. The van der Waals surface area contributed by atoms with Gasteiger partial charge in [-0.3, -0.25) is 9.59 Å². The molecule has 0 unspecified atom stereocenters. The molecule has 1 aromatic carbocycles. The van der Waals surface area contributed by atoms with E-state index in [1.54, 1.807) is 17.1 Å².